The number of likely N-dealkylation sites (tertiary alicyclic amines) is 1. The summed E-state index contributed by atoms with van der Waals surface area (Å²) in [6.45, 7) is 2.10. The molecule has 136 valence electrons. The molecule has 1 saturated heterocycles. The predicted molar refractivity (Wildman–Crippen MR) is 97.4 cm³/mol. The third-order valence-electron chi connectivity index (χ3n) is 4.83. The van der Waals surface area contributed by atoms with Gasteiger partial charge in [0.15, 0.2) is 17.5 Å². The number of aryl methyl sites for hydroxylation is 1. The Morgan fingerprint density at radius 2 is 2.08 bits per heavy atom. The molecule has 0 aliphatic carbocycles. The summed E-state index contributed by atoms with van der Waals surface area (Å²) in [6, 6.07) is 5.77. The molecule has 0 bridgehead atoms. The fourth-order valence-electron chi connectivity index (χ4n) is 3.51. The van der Waals surface area contributed by atoms with Crippen LogP contribution in [0.15, 0.2) is 30.6 Å². The van der Waals surface area contributed by atoms with Crippen molar-refractivity contribution in [3.8, 4) is 23.1 Å². The van der Waals surface area contributed by atoms with Crippen LogP contribution in [0, 0.1) is 0 Å². The van der Waals surface area contributed by atoms with Crippen LogP contribution in [0.4, 0.5) is 0 Å². The number of hydrogen-bond acceptors (Lipinski definition) is 6. The highest BCUT2D eigenvalue weighted by atomic mass is 16.5. The van der Waals surface area contributed by atoms with Gasteiger partial charge in [-0.3, -0.25) is 4.68 Å². The Hall–Kier alpha value is -2.74. The van der Waals surface area contributed by atoms with Gasteiger partial charge in [0, 0.05) is 31.8 Å². The quantitative estimate of drug-likeness (QED) is 0.713. The second kappa shape index (κ2) is 6.87. The van der Waals surface area contributed by atoms with Crippen LogP contribution in [0.2, 0.25) is 0 Å². The monoisotopic (exact) mass is 353 g/mol. The van der Waals surface area contributed by atoms with Crippen molar-refractivity contribution in [1.82, 2.24) is 34.4 Å². The lowest BCUT2D eigenvalue weighted by Crippen LogP contribution is -2.31. The minimum Gasteiger partial charge on any atom is -0.480 e. The molecule has 8 heteroatoms. The van der Waals surface area contributed by atoms with Gasteiger partial charge >= 0.3 is 0 Å². The Kier molecular flexibility index (Phi) is 4.42. The van der Waals surface area contributed by atoms with Crippen molar-refractivity contribution >= 4 is 0 Å². The van der Waals surface area contributed by atoms with Gasteiger partial charge in [-0.1, -0.05) is 0 Å². The van der Waals surface area contributed by atoms with Crippen LogP contribution in [0.3, 0.4) is 0 Å². The molecule has 0 aromatic carbocycles. The summed E-state index contributed by atoms with van der Waals surface area (Å²) in [6.07, 6.45) is 5.73. The largest absolute Gasteiger partial charge is 0.480 e. The number of methoxy groups -OCH3 is 1. The Bertz CT molecular complexity index is 901. The van der Waals surface area contributed by atoms with Crippen LogP contribution >= 0.6 is 0 Å². The summed E-state index contributed by atoms with van der Waals surface area (Å²) in [5, 5.41) is 9.14. The van der Waals surface area contributed by atoms with Crippen molar-refractivity contribution in [3.05, 3.63) is 36.4 Å². The number of likely N-dealkylation sites (N-methyl/N-ethyl adjacent to an activating group) is 1. The molecule has 4 heterocycles. The van der Waals surface area contributed by atoms with Gasteiger partial charge < -0.3 is 9.64 Å². The fraction of sp³-hybridized carbons (Fsp3) is 0.444. The molecule has 1 aliphatic rings. The second-order valence-electron chi connectivity index (χ2n) is 6.68. The van der Waals surface area contributed by atoms with Crippen molar-refractivity contribution < 1.29 is 4.74 Å². The molecule has 26 heavy (non-hydrogen) atoms. The van der Waals surface area contributed by atoms with E-state index in [4.69, 9.17) is 14.8 Å². The van der Waals surface area contributed by atoms with Gasteiger partial charge in [-0.05, 0) is 38.6 Å². The van der Waals surface area contributed by atoms with E-state index in [0.717, 1.165) is 49.0 Å². The van der Waals surface area contributed by atoms with Crippen LogP contribution in [-0.2, 0) is 7.05 Å². The molecule has 1 aliphatic heterocycles. The van der Waals surface area contributed by atoms with E-state index in [0.29, 0.717) is 11.8 Å². The Balaban J connectivity index is 1.85. The summed E-state index contributed by atoms with van der Waals surface area (Å²) < 4.78 is 9.08. The number of rotatable bonds is 4. The lowest BCUT2D eigenvalue weighted by atomic mass is 9.98. The minimum atomic E-state index is 0.324. The Morgan fingerprint density at radius 3 is 2.81 bits per heavy atom. The average molecular weight is 353 g/mol. The van der Waals surface area contributed by atoms with Crippen molar-refractivity contribution in [2.24, 2.45) is 7.05 Å². The summed E-state index contributed by atoms with van der Waals surface area (Å²) in [7, 11) is 5.66. The molecular formula is C18H23N7O. The molecule has 0 N–H and O–H groups in total. The van der Waals surface area contributed by atoms with Crippen molar-refractivity contribution in [3.63, 3.8) is 0 Å². The Morgan fingerprint density at radius 1 is 1.19 bits per heavy atom. The van der Waals surface area contributed by atoms with E-state index >= 15 is 0 Å². The first kappa shape index (κ1) is 16.7. The van der Waals surface area contributed by atoms with Gasteiger partial charge in [0.05, 0.1) is 18.9 Å². The number of ether oxygens (including phenoxy) is 1. The molecular weight excluding hydrogens is 330 g/mol. The van der Waals surface area contributed by atoms with Gasteiger partial charge in [-0.2, -0.15) is 9.78 Å². The molecule has 1 atom stereocenters. The summed E-state index contributed by atoms with van der Waals surface area (Å²) >= 11 is 0. The Labute approximate surface area is 152 Å². The van der Waals surface area contributed by atoms with Gasteiger partial charge in [0.2, 0.25) is 5.88 Å². The second-order valence-corrected chi connectivity index (χ2v) is 6.68. The van der Waals surface area contributed by atoms with Gasteiger partial charge in [0.1, 0.15) is 0 Å². The first-order chi connectivity index (χ1) is 12.7. The van der Waals surface area contributed by atoms with E-state index in [2.05, 4.69) is 22.0 Å². The third-order valence-corrected chi connectivity index (χ3v) is 4.83. The lowest BCUT2D eigenvalue weighted by Gasteiger charge is -2.27. The van der Waals surface area contributed by atoms with Gasteiger partial charge in [0.25, 0.3) is 0 Å². The van der Waals surface area contributed by atoms with Crippen LogP contribution in [0.5, 0.6) is 5.88 Å². The van der Waals surface area contributed by atoms with E-state index < -0.39 is 0 Å². The maximum atomic E-state index is 5.45. The van der Waals surface area contributed by atoms with Crippen molar-refractivity contribution in [2.75, 3.05) is 27.2 Å². The van der Waals surface area contributed by atoms with Crippen molar-refractivity contribution in [2.45, 2.75) is 18.8 Å². The first-order valence-electron chi connectivity index (χ1n) is 8.80. The number of piperidine rings is 1. The zero-order chi connectivity index (χ0) is 18.1. The molecule has 3 aromatic rings. The number of nitrogens with zero attached hydrogens (tertiary/aromatic N) is 7. The normalized spacial score (nSPS) is 18.2. The highest BCUT2D eigenvalue weighted by molar-refractivity contribution is 5.63. The summed E-state index contributed by atoms with van der Waals surface area (Å²) in [5.74, 6) is 3.30. The van der Waals surface area contributed by atoms with E-state index in [-0.39, 0.29) is 0 Å². The van der Waals surface area contributed by atoms with Gasteiger partial charge in [-0.25, -0.2) is 9.97 Å². The van der Waals surface area contributed by atoms with Crippen LogP contribution in [0.25, 0.3) is 17.2 Å². The highest BCUT2D eigenvalue weighted by Gasteiger charge is 2.26. The summed E-state index contributed by atoms with van der Waals surface area (Å²) in [5.41, 5.74) is 0.819. The third kappa shape index (κ3) is 2.96. The average Bonchev–Trinajstić information content (AvgIpc) is 3.27. The maximum Gasteiger partial charge on any atom is 0.224 e. The zero-order valence-electron chi connectivity index (χ0n) is 15.3. The minimum absolute atomic E-state index is 0.324. The standard InChI is InChI=1S/C18H23N7O/c1-23-11-5-6-13(12-23)16-21-17(14-7-4-9-19-18(14)26-3)25(22-16)15-8-10-20-24(15)2/h4,7-10,13H,5-6,11-12H2,1-3H3. The zero-order valence-corrected chi connectivity index (χ0v) is 15.3. The van der Waals surface area contributed by atoms with Crippen LogP contribution in [-0.4, -0.2) is 61.7 Å². The molecule has 4 rings (SSSR count). The van der Waals surface area contributed by atoms with Crippen LogP contribution < -0.4 is 4.74 Å². The number of hydrogen-bond donors (Lipinski definition) is 0. The van der Waals surface area contributed by atoms with E-state index in [1.165, 1.54) is 0 Å². The smallest absolute Gasteiger partial charge is 0.224 e. The number of aromatic nitrogens is 6. The topological polar surface area (TPSA) is 73.9 Å². The molecule has 0 spiro atoms. The van der Waals surface area contributed by atoms with Crippen molar-refractivity contribution in [1.29, 1.82) is 0 Å². The molecule has 0 amide bonds. The highest BCUT2D eigenvalue weighted by Crippen LogP contribution is 2.31. The lowest BCUT2D eigenvalue weighted by molar-refractivity contribution is 0.246. The van der Waals surface area contributed by atoms with Gasteiger partial charge in [-0.15, -0.1) is 5.10 Å². The molecule has 0 radical (unpaired) electrons. The van der Waals surface area contributed by atoms with E-state index in [1.54, 1.807) is 24.2 Å². The molecule has 1 unspecified atom stereocenters. The van der Waals surface area contributed by atoms with E-state index in [1.807, 2.05) is 29.9 Å². The maximum absolute atomic E-state index is 5.45. The molecule has 8 nitrogen and oxygen atoms in total. The fourth-order valence-corrected chi connectivity index (χ4v) is 3.51. The summed E-state index contributed by atoms with van der Waals surface area (Å²) in [4.78, 5) is 11.6. The predicted octanol–water partition coefficient (Wildman–Crippen LogP) is 1.88. The molecule has 0 saturated carbocycles. The first-order valence-corrected chi connectivity index (χ1v) is 8.80. The SMILES string of the molecule is COc1ncccc1-c1nc(C2CCCN(C)C2)nn1-c1ccnn1C. The number of pyridine rings is 1. The van der Waals surface area contributed by atoms with Crippen LogP contribution in [0.1, 0.15) is 24.6 Å². The van der Waals surface area contributed by atoms with E-state index in [9.17, 15) is 0 Å². The molecule has 3 aromatic heterocycles. The molecule has 1 fully saturated rings.